The van der Waals surface area contributed by atoms with E-state index in [1.807, 2.05) is 0 Å². The smallest absolute Gasteiger partial charge is 0.283 e. The molecule has 0 aliphatic heterocycles. The van der Waals surface area contributed by atoms with Crippen molar-refractivity contribution < 1.29 is 14.7 Å². The van der Waals surface area contributed by atoms with Gasteiger partial charge in [-0.05, 0) is 18.3 Å². The first-order valence-electron chi connectivity index (χ1n) is 7.80. The number of nitriles is 1. The van der Waals surface area contributed by atoms with Crippen molar-refractivity contribution in [3.63, 3.8) is 0 Å². The van der Waals surface area contributed by atoms with Gasteiger partial charge in [-0.15, -0.1) is 0 Å². The molecule has 2 saturated carbocycles. The van der Waals surface area contributed by atoms with E-state index in [0.29, 0.717) is 0 Å². The predicted octanol–water partition coefficient (Wildman–Crippen LogP) is 4.18. The van der Waals surface area contributed by atoms with Crippen LogP contribution in [0.25, 0.3) is 0 Å². The molecule has 0 heterocycles. The van der Waals surface area contributed by atoms with Crippen LogP contribution in [0, 0.1) is 34.2 Å². The Kier molecular flexibility index (Phi) is 19.3. The highest BCUT2D eigenvalue weighted by Crippen LogP contribution is 2.34. The Balaban J connectivity index is 0. The van der Waals surface area contributed by atoms with Crippen LogP contribution < -0.4 is 0 Å². The SMILES string of the molecule is C1CCC(CC2CCCCC2)CC1.N#CO.N=C=O.N=C=O. The van der Waals surface area contributed by atoms with Gasteiger partial charge in [-0.3, -0.25) is 0 Å². The van der Waals surface area contributed by atoms with Crippen molar-refractivity contribution in [2.24, 2.45) is 11.8 Å². The normalized spacial score (nSPS) is 17.4. The molecular formula is C16H27N3O3. The van der Waals surface area contributed by atoms with Gasteiger partial charge in [0, 0.05) is 0 Å². The van der Waals surface area contributed by atoms with E-state index >= 15 is 0 Å². The second kappa shape index (κ2) is 19.1. The first-order valence-corrected chi connectivity index (χ1v) is 7.80. The molecule has 0 aromatic heterocycles. The fraction of sp³-hybridized carbons (Fsp3) is 0.812. The fourth-order valence-electron chi connectivity index (χ4n) is 3.32. The Labute approximate surface area is 132 Å². The first-order chi connectivity index (χ1) is 10.7. The average Bonchev–Trinajstić information content (AvgIpc) is 2.52. The van der Waals surface area contributed by atoms with Gasteiger partial charge >= 0.3 is 0 Å². The highest BCUT2D eigenvalue weighted by atomic mass is 16.2. The standard InChI is InChI=1S/C13H24.3CHNO/c1-3-7-12(8-4-1)11-13-9-5-2-6-10-13;3*2-1-3/h12-13H,1-11H2;3H;2*2H. The molecule has 6 nitrogen and oxygen atoms in total. The predicted molar refractivity (Wildman–Crippen MR) is 82.1 cm³/mol. The molecule has 0 atom stereocenters. The fourth-order valence-corrected chi connectivity index (χ4v) is 3.32. The van der Waals surface area contributed by atoms with E-state index in [-0.39, 0.29) is 0 Å². The van der Waals surface area contributed by atoms with Crippen LogP contribution in [0.4, 0.5) is 0 Å². The number of hydrogen-bond acceptors (Lipinski definition) is 6. The van der Waals surface area contributed by atoms with Gasteiger partial charge in [0.2, 0.25) is 12.2 Å². The molecular weight excluding hydrogens is 282 g/mol. The number of hydrogen-bond donors (Lipinski definition) is 3. The molecule has 124 valence electrons. The van der Waals surface area contributed by atoms with E-state index in [1.54, 1.807) is 32.1 Å². The lowest BCUT2D eigenvalue weighted by atomic mass is 9.78. The minimum atomic E-state index is 0.750. The number of isocyanates is 2. The zero-order valence-corrected chi connectivity index (χ0v) is 13.1. The van der Waals surface area contributed by atoms with Gasteiger partial charge in [0.25, 0.3) is 6.26 Å². The summed E-state index contributed by atoms with van der Waals surface area (Å²) in [6.45, 7) is 0. The molecule has 2 rings (SSSR count). The minimum Gasteiger partial charge on any atom is -0.443 e. The molecule has 22 heavy (non-hydrogen) atoms. The summed E-state index contributed by atoms with van der Waals surface area (Å²) in [5.74, 6) is 2.24. The van der Waals surface area contributed by atoms with Crippen molar-refractivity contribution in [2.45, 2.75) is 70.6 Å². The van der Waals surface area contributed by atoms with E-state index in [4.69, 9.17) is 30.8 Å². The van der Waals surface area contributed by atoms with Crippen molar-refractivity contribution in [1.82, 2.24) is 0 Å². The Morgan fingerprint density at radius 2 is 1.05 bits per heavy atom. The molecule has 0 spiro atoms. The van der Waals surface area contributed by atoms with Crippen molar-refractivity contribution in [1.29, 1.82) is 16.1 Å². The van der Waals surface area contributed by atoms with Crippen LogP contribution in [0.15, 0.2) is 0 Å². The van der Waals surface area contributed by atoms with E-state index < -0.39 is 0 Å². The molecule has 2 aliphatic rings. The monoisotopic (exact) mass is 309 g/mol. The van der Waals surface area contributed by atoms with Gasteiger partial charge in [0.1, 0.15) is 0 Å². The molecule has 0 unspecified atom stereocenters. The van der Waals surface area contributed by atoms with Gasteiger partial charge in [-0.1, -0.05) is 64.2 Å². The average molecular weight is 309 g/mol. The Bertz CT molecular complexity index is 314. The van der Waals surface area contributed by atoms with E-state index in [0.717, 1.165) is 30.3 Å². The number of nitrogens with zero attached hydrogens (tertiary/aromatic N) is 1. The second-order valence-electron chi connectivity index (χ2n) is 5.55. The summed E-state index contributed by atoms with van der Waals surface area (Å²) in [6, 6.07) is 0. The van der Waals surface area contributed by atoms with E-state index in [1.165, 1.54) is 38.5 Å². The molecule has 0 aromatic carbocycles. The summed E-state index contributed by atoms with van der Waals surface area (Å²) in [4.78, 5) is 16.7. The van der Waals surface area contributed by atoms with Crippen molar-refractivity contribution in [3.05, 3.63) is 0 Å². The van der Waals surface area contributed by atoms with Gasteiger partial charge in [0.05, 0.1) is 0 Å². The molecule has 2 aliphatic carbocycles. The maximum atomic E-state index is 8.35. The van der Waals surface area contributed by atoms with Crippen molar-refractivity contribution in [2.75, 3.05) is 0 Å². The molecule has 0 bridgehead atoms. The number of nitrogens with one attached hydrogen (secondary N) is 2. The number of rotatable bonds is 2. The van der Waals surface area contributed by atoms with Crippen LogP contribution in [-0.2, 0) is 9.59 Å². The zero-order chi connectivity index (χ0) is 17.1. The molecule has 3 N–H and O–H groups in total. The first kappa shape index (κ1) is 22.3. The Morgan fingerprint density at radius 1 is 0.818 bits per heavy atom. The number of carbonyl (C=O) groups excluding carboxylic acids is 2. The third-order valence-electron chi connectivity index (χ3n) is 4.12. The van der Waals surface area contributed by atoms with Gasteiger partial charge in [-0.25, -0.2) is 20.4 Å². The maximum Gasteiger partial charge on any atom is 0.283 e. The van der Waals surface area contributed by atoms with Crippen LogP contribution in [0.1, 0.15) is 70.6 Å². The summed E-state index contributed by atoms with van der Waals surface area (Å²) in [5, 5.41) is 24.6. The summed E-state index contributed by atoms with van der Waals surface area (Å²) in [6.07, 6.45) is 19.2. The van der Waals surface area contributed by atoms with Gasteiger partial charge in [-0.2, -0.15) is 5.26 Å². The maximum absolute atomic E-state index is 8.35. The molecule has 0 amide bonds. The number of aliphatic hydroxyl groups is 1. The van der Waals surface area contributed by atoms with Crippen molar-refractivity contribution in [3.8, 4) is 6.26 Å². The summed E-state index contributed by atoms with van der Waals surface area (Å²) in [7, 11) is 0. The summed E-state index contributed by atoms with van der Waals surface area (Å²) >= 11 is 0. The van der Waals surface area contributed by atoms with Gasteiger partial charge < -0.3 is 5.11 Å². The van der Waals surface area contributed by atoms with E-state index in [2.05, 4.69) is 0 Å². The topological polar surface area (TPSA) is 126 Å². The number of aliphatic hydroxyl groups excluding tert-OH is 1. The molecule has 2 fully saturated rings. The van der Waals surface area contributed by atoms with Crippen LogP contribution in [-0.4, -0.2) is 17.3 Å². The molecule has 0 radical (unpaired) electrons. The van der Waals surface area contributed by atoms with Crippen molar-refractivity contribution >= 4 is 12.2 Å². The quantitative estimate of drug-likeness (QED) is 0.401. The largest absolute Gasteiger partial charge is 0.443 e. The molecule has 0 aromatic rings. The zero-order valence-electron chi connectivity index (χ0n) is 13.1. The van der Waals surface area contributed by atoms with Gasteiger partial charge in [0.15, 0.2) is 0 Å². The third-order valence-corrected chi connectivity index (χ3v) is 4.12. The molecule has 6 heteroatoms. The van der Waals surface area contributed by atoms with Crippen LogP contribution in [0.3, 0.4) is 0 Å². The lowest BCUT2D eigenvalue weighted by Crippen LogP contribution is -2.14. The van der Waals surface area contributed by atoms with E-state index in [9.17, 15) is 0 Å². The van der Waals surface area contributed by atoms with Crippen LogP contribution >= 0.6 is 0 Å². The van der Waals surface area contributed by atoms with Crippen LogP contribution in [0.5, 0.6) is 0 Å². The third kappa shape index (κ3) is 16.1. The highest BCUT2D eigenvalue weighted by molar-refractivity contribution is 5.26. The summed E-state index contributed by atoms with van der Waals surface area (Å²) in [5.41, 5.74) is 0. The second-order valence-corrected chi connectivity index (χ2v) is 5.55. The molecule has 0 saturated heterocycles. The lowest BCUT2D eigenvalue weighted by molar-refractivity contribution is 0.244. The summed E-state index contributed by atoms with van der Waals surface area (Å²) < 4.78 is 0. The highest BCUT2D eigenvalue weighted by Gasteiger charge is 2.20. The van der Waals surface area contributed by atoms with Crippen LogP contribution in [0.2, 0.25) is 0 Å². The Morgan fingerprint density at radius 3 is 1.27 bits per heavy atom. The minimum absolute atomic E-state index is 0.750. The lowest BCUT2D eigenvalue weighted by Gasteiger charge is -2.28. The Hall–Kier alpha value is -1.95.